The fourth-order valence-electron chi connectivity index (χ4n) is 2.96. The molecule has 4 amide bonds. The van der Waals surface area contributed by atoms with Gasteiger partial charge in [-0.2, -0.15) is 11.8 Å². The molecular weight excluding hydrogens is 466 g/mol. The van der Waals surface area contributed by atoms with Gasteiger partial charge in [0.2, 0.25) is 23.6 Å². The fourth-order valence-corrected chi connectivity index (χ4v) is 3.43. The number of rotatable bonds is 15. The Kier molecular flexibility index (Phi) is 12.1. The highest BCUT2D eigenvalue weighted by molar-refractivity contribution is 7.98. The Labute approximate surface area is 201 Å². The van der Waals surface area contributed by atoms with Crippen molar-refractivity contribution in [2.75, 3.05) is 12.0 Å². The van der Waals surface area contributed by atoms with Crippen LogP contribution in [0.5, 0.6) is 0 Å². The number of aromatic nitrogens is 2. The van der Waals surface area contributed by atoms with Gasteiger partial charge in [0, 0.05) is 18.3 Å². The number of nitrogens with two attached hydrogens (primary N) is 2. The molecule has 1 aromatic rings. The summed E-state index contributed by atoms with van der Waals surface area (Å²) in [6, 6.07) is -4.59. The molecule has 1 rings (SSSR count). The van der Waals surface area contributed by atoms with Gasteiger partial charge in [-0.1, -0.05) is 13.8 Å². The molecule has 34 heavy (non-hydrogen) atoms. The minimum atomic E-state index is -1.23. The van der Waals surface area contributed by atoms with Crippen LogP contribution in [0.4, 0.5) is 0 Å². The van der Waals surface area contributed by atoms with Crippen LogP contribution < -0.4 is 27.4 Å². The van der Waals surface area contributed by atoms with E-state index in [4.69, 9.17) is 11.5 Å². The van der Waals surface area contributed by atoms with E-state index in [1.54, 1.807) is 13.8 Å². The highest BCUT2D eigenvalue weighted by atomic mass is 32.2. The van der Waals surface area contributed by atoms with Gasteiger partial charge in [0.05, 0.1) is 18.8 Å². The van der Waals surface area contributed by atoms with Crippen molar-refractivity contribution in [3.63, 3.8) is 0 Å². The first-order valence-corrected chi connectivity index (χ1v) is 12.0. The Hall–Kier alpha value is -3.13. The Morgan fingerprint density at radius 1 is 1.09 bits per heavy atom. The number of H-pyrrole nitrogens is 1. The molecule has 1 heterocycles. The van der Waals surface area contributed by atoms with Crippen LogP contribution in [0.15, 0.2) is 12.5 Å². The number of imidazole rings is 1. The summed E-state index contributed by atoms with van der Waals surface area (Å²) in [5.74, 6) is -3.95. The zero-order chi connectivity index (χ0) is 25.8. The molecule has 0 spiro atoms. The number of nitrogens with zero attached hydrogens (tertiary/aromatic N) is 1. The maximum absolute atomic E-state index is 13.0. The quantitative estimate of drug-likeness (QED) is 0.143. The van der Waals surface area contributed by atoms with E-state index in [0.717, 1.165) is 0 Å². The van der Waals surface area contributed by atoms with Crippen LogP contribution in [0.3, 0.4) is 0 Å². The topological polar surface area (TPSA) is 222 Å². The molecule has 14 heteroatoms. The number of aliphatic carboxylic acids is 1. The summed E-state index contributed by atoms with van der Waals surface area (Å²) in [6.45, 7) is 3.36. The third-order valence-corrected chi connectivity index (χ3v) is 5.49. The SMILES string of the molecule is CSCCC(NC(=O)C(Cc1cnc[nH]1)NC(=O)C(NC(=O)C(N)CC(N)=O)C(C)C)C(=O)O. The molecule has 0 radical (unpaired) electrons. The minimum absolute atomic E-state index is 0.00634. The van der Waals surface area contributed by atoms with Gasteiger partial charge in [-0.25, -0.2) is 9.78 Å². The average Bonchev–Trinajstić information content (AvgIpc) is 3.26. The number of carboxylic acids is 1. The molecular formula is C20H33N7O6S. The normalized spacial score (nSPS) is 14.5. The number of aromatic amines is 1. The van der Waals surface area contributed by atoms with Crippen molar-refractivity contribution in [1.29, 1.82) is 0 Å². The molecule has 0 bridgehead atoms. The van der Waals surface area contributed by atoms with E-state index in [1.807, 2.05) is 6.26 Å². The molecule has 0 aliphatic rings. The number of hydrogen-bond donors (Lipinski definition) is 7. The molecule has 0 aliphatic carbocycles. The summed E-state index contributed by atoms with van der Waals surface area (Å²) in [5, 5.41) is 16.9. The average molecular weight is 500 g/mol. The van der Waals surface area contributed by atoms with Gasteiger partial charge in [0.1, 0.15) is 18.1 Å². The molecule has 0 aliphatic heterocycles. The number of carbonyl (C=O) groups excluding carboxylic acids is 4. The highest BCUT2D eigenvalue weighted by Crippen LogP contribution is 2.07. The Balaban J connectivity index is 3.01. The number of thioether (sulfide) groups is 1. The summed E-state index contributed by atoms with van der Waals surface area (Å²) >= 11 is 1.44. The number of amides is 4. The smallest absolute Gasteiger partial charge is 0.326 e. The van der Waals surface area contributed by atoms with E-state index in [9.17, 15) is 29.1 Å². The zero-order valence-electron chi connectivity index (χ0n) is 19.4. The third-order valence-electron chi connectivity index (χ3n) is 4.84. The summed E-state index contributed by atoms with van der Waals surface area (Å²) in [5.41, 5.74) is 11.2. The zero-order valence-corrected chi connectivity index (χ0v) is 20.2. The number of carbonyl (C=O) groups is 5. The molecule has 4 atom stereocenters. The largest absolute Gasteiger partial charge is 0.480 e. The molecule has 0 fully saturated rings. The van der Waals surface area contributed by atoms with Gasteiger partial charge < -0.3 is 37.5 Å². The van der Waals surface area contributed by atoms with Gasteiger partial charge in [-0.3, -0.25) is 19.2 Å². The lowest BCUT2D eigenvalue weighted by Gasteiger charge is -2.26. The van der Waals surface area contributed by atoms with E-state index < -0.39 is 66.1 Å². The Bertz CT molecular complexity index is 848. The standard InChI is InChI=1S/C20H33N7O6S/c1-10(2)16(27-17(29)12(21)7-15(22)28)19(31)26-14(6-11-8-23-9-24-11)18(30)25-13(20(32)33)4-5-34-3/h8-10,12-14,16H,4-7,21H2,1-3H3,(H2,22,28)(H,23,24)(H,25,30)(H,26,31)(H,27,29)(H,32,33). The van der Waals surface area contributed by atoms with Crippen LogP contribution >= 0.6 is 11.8 Å². The van der Waals surface area contributed by atoms with Crippen LogP contribution in [0.25, 0.3) is 0 Å². The number of nitrogens with one attached hydrogen (secondary N) is 4. The number of carboxylic acid groups (broad SMARTS) is 1. The van der Waals surface area contributed by atoms with Crippen molar-refractivity contribution < 1.29 is 29.1 Å². The Morgan fingerprint density at radius 2 is 1.74 bits per heavy atom. The van der Waals surface area contributed by atoms with Crippen LogP contribution in [-0.4, -0.2) is 80.8 Å². The van der Waals surface area contributed by atoms with Crippen molar-refractivity contribution in [2.45, 2.75) is 57.3 Å². The predicted octanol–water partition coefficient (Wildman–Crippen LogP) is -1.90. The second kappa shape index (κ2) is 14.2. The maximum Gasteiger partial charge on any atom is 0.326 e. The number of hydrogen-bond acceptors (Lipinski definition) is 8. The third kappa shape index (κ3) is 9.79. The minimum Gasteiger partial charge on any atom is -0.480 e. The number of primary amides is 1. The first-order chi connectivity index (χ1) is 16.0. The molecule has 4 unspecified atom stereocenters. The van der Waals surface area contributed by atoms with Crippen molar-refractivity contribution in [3.05, 3.63) is 18.2 Å². The maximum atomic E-state index is 13.0. The fraction of sp³-hybridized carbons (Fsp3) is 0.600. The van der Waals surface area contributed by atoms with Gasteiger partial charge in [-0.15, -0.1) is 0 Å². The lowest BCUT2D eigenvalue weighted by atomic mass is 10.0. The second-order valence-electron chi connectivity index (χ2n) is 8.03. The lowest BCUT2D eigenvalue weighted by Crippen LogP contribution is -2.59. The van der Waals surface area contributed by atoms with E-state index in [1.165, 1.54) is 24.3 Å². The second-order valence-corrected chi connectivity index (χ2v) is 9.02. The summed E-state index contributed by atoms with van der Waals surface area (Å²) < 4.78 is 0. The van der Waals surface area contributed by atoms with Crippen LogP contribution in [0.2, 0.25) is 0 Å². The first-order valence-electron chi connectivity index (χ1n) is 10.6. The highest BCUT2D eigenvalue weighted by Gasteiger charge is 2.32. The van der Waals surface area contributed by atoms with Gasteiger partial charge in [0.25, 0.3) is 0 Å². The van der Waals surface area contributed by atoms with Crippen LogP contribution in [0, 0.1) is 5.92 Å². The van der Waals surface area contributed by atoms with Crippen molar-refractivity contribution >= 4 is 41.4 Å². The molecule has 0 aromatic carbocycles. The molecule has 1 aromatic heterocycles. The van der Waals surface area contributed by atoms with Gasteiger partial charge in [0.15, 0.2) is 0 Å². The first kappa shape index (κ1) is 28.9. The predicted molar refractivity (Wildman–Crippen MR) is 125 cm³/mol. The Morgan fingerprint density at radius 3 is 2.24 bits per heavy atom. The van der Waals surface area contributed by atoms with Crippen LogP contribution in [0.1, 0.15) is 32.4 Å². The van der Waals surface area contributed by atoms with E-state index in [2.05, 4.69) is 25.9 Å². The van der Waals surface area contributed by atoms with Crippen molar-refractivity contribution in [3.8, 4) is 0 Å². The summed E-state index contributed by atoms with van der Waals surface area (Å²) in [7, 11) is 0. The molecule has 0 saturated heterocycles. The van der Waals surface area contributed by atoms with Crippen LogP contribution in [-0.2, 0) is 30.4 Å². The summed E-state index contributed by atoms with van der Waals surface area (Å²) in [4.78, 5) is 67.6. The van der Waals surface area contributed by atoms with Gasteiger partial charge in [-0.05, 0) is 24.3 Å². The molecule has 13 nitrogen and oxygen atoms in total. The van der Waals surface area contributed by atoms with Crippen molar-refractivity contribution in [2.24, 2.45) is 17.4 Å². The molecule has 190 valence electrons. The molecule has 0 saturated carbocycles. The van der Waals surface area contributed by atoms with Crippen molar-refractivity contribution in [1.82, 2.24) is 25.9 Å². The van der Waals surface area contributed by atoms with E-state index >= 15 is 0 Å². The van der Waals surface area contributed by atoms with Gasteiger partial charge >= 0.3 is 5.97 Å². The van der Waals surface area contributed by atoms with E-state index in [0.29, 0.717) is 11.4 Å². The van der Waals surface area contributed by atoms with E-state index in [-0.39, 0.29) is 12.8 Å². The lowest BCUT2D eigenvalue weighted by molar-refractivity contribution is -0.142. The monoisotopic (exact) mass is 499 g/mol. The summed E-state index contributed by atoms with van der Waals surface area (Å²) in [6.07, 6.45) is 4.51. The molecule has 9 N–H and O–H groups in total.